The van der Waals surface area contributed by atoms with Crippen molar-refractivity contribution in [2.75, 3.05) is 26.5 Å². The lowest BCUT2D eigenvalue weighted by atomic mass is 9.98. The van der Waals surface area contributed by atoms with E-state index in [1.807, 2.05) is 12.1 Å². The molecule has 1 aromatic heterocycles. The second-order valence-corrected chi connectivity index (χ2v) is 8.66. The van der Waals surface area contributed by atoms with E-state index in [0.29, 0.717) is 22.2 Å². The van der Waals surface area contributed by atoms with Crippen LogP contribution in [-0.4, -0.2) is 37.0 Å². The Bertz CT molecular complexity index is 1290. The number of halogens is 1. The van der Waals surface area contributed by atoms with Gasteiger partial charge >= 0.3 is 0 Å². The van der Waals surface area contributed by atoms with Crippen molar-refractivity contribution in [2.45, 2.75) is 6.54 Å². The molecular formula is C28H26ClN3O2. The molecule has 0 bridgehead atoms. The molecule has 4 aromatic rings. The number of methoxy groups -OCH3 is 1. The predicted octanol–water partition coefficient (Wildman–Crippen LogP) is 6.39. The summed E-state index contributed by atoms with van der Waals surface area (Å²) < 4.78 is 5.05. The number of pyridine rings is 1. The molecule has 3 aromatic carbocycles. The molecule has 5 nitrogen and oxygen atoms in total. The zero-order valence-corrected chi connectivity index (χ0v) is 20.1. The summed E-state index contributed by atoms with van der Waals surface area (Å²) in [7, 11) is 5.67. The second-order valence-electron chi connectivity index (χ2n) is 8.25. The minimum absolute atomic E-state index is 0.237. The van der Waals surface area contributed by atoms with Gasteiger partial charge in [0.1, 0.15) is 0 Å². The van der Waals surface area contributed by atoms with Crippen LogP contribution >= 0.6 is 11.6 Å². The molecule has 1 heterocycles. The summed E-state index contributed by atoms with van der Waals surface area (Å²) in [6.45, 7) is 0.892. The summed E-state index contributed by atoms with van der Waals surface area (Å²) in [4.78, 5) is 19.1. The van der Waals surface area contributed by atoms with Crippen LogP contribution in [0.25, 0.3) is 22.3 Å². The van der Waals surface area contributed by atoms with Crippen LogP contribution in [0.2, 0.25) is 5.02 Å². The van der Waals surface area contributed by atoms with Gasteiger partial charge in [-0.05, 0) is 66.7 Å². The molecule has 34 heavy (non-hydrogen) atoms. The van der Waals surface area contributed by atoms with E-state index in [0.717, 1.165) is 23.2 Å². The van der Waals surface area contributed by atoms with Gasteiger partial charge in [-0.25, -0.2) is 4.98 Å². The van der Waals surface area contributed by atoms with Gasteiger partial charge in [-0.2, -0.15) is 0 Å². The number of aromatic nitrogens is 1. The lowest BCUT2D eigenvalue weighted by Crippen LogP contribution is -2.12. The standard InChI is InChI=1S/C28H26ClN3O2/c1-32(2)18-19-5-4-6-22(15-19)20-7-9-21(10-8-20)25-16-23(11-13-26(25)29)28(33)31-24-12-14-27(34-3)30-17-24/h4-17H,18H2,1-3H3,(H,31,33). The summed E-state index contributed by atoms with van der Waals surface area (Å²) >= 11 is 6.49. The molecule has 0 spiro atoms. The normalized spacial score (nSPS) is 10.9. The van der Waals surface area contributed by atoms with E-state index in [9.17, 15) is 4.79 Å². The van der Waals surface area contributed by atoms with Gasteiger partial charge in [0.05, 0.1) is 19.0 Å². The van der Waals surface area contributed by atoms with Crippen molar-refractivity contribution in [2.24, 2.45) is 0 Å². The summed E-state index contributed by atoms with van der Waals surface area (Å²) in [6.07, 6.45) is 1.56. The average Bonchev–Trinajstić information content (AvgIpc) is 2.84. The Morgan fingerprint density at radius 2 is 1.71 bits per heavy atom. The Morgan fingerprint density at radius 3 is 2.38 bits per heavy atom. The second kappa shape index (κ2) is 10.5. The quantitative estimate of drug-likeness (QED) is 0.339. The van der Waals surface area contributed by atoms with E-state index in [1.54, 1.807) is 43.6 Å². The van der Waals surface area contributed by atoms with Crippen molar-refractivity contribution in [3.8, 4) is 28.1 Å². The summed E-state index contributed by atoms with van der Waals surface area (Å²) in [5, 5.41) is 3.44. The molecule has 1 amide bonds. The molecular weight excluding hydrogens is 446 g/mol. The largest absolute Gasteiger partial charge is 0.481 e. The summed E-state index contributed by atoms with van der Waals surface area (Å²) in [5.41, 5.74) is 6.40. The number of hydrogen-bond donors (Lipinski definition) is 1. The molecule has 0 saturated heterocycles. The fraction of sp³-hybridized carbons (Fsp3) is 0.143. The third-order valence-electron chi connectivity index (χ3n) is 5.39. The first-order chi connectivity index (χ1) is 16.4. The number of benzene rings is 3. The highest BCUT2D eigenvalue weighted by molar-refractivity contribution is 6.33. The Morgan fingerprint density at radius 1 is 0.941 bits per heavy atom. The number of nitrogens with one attached hydrogen (secondary N) is 1. The number of ether oxygens (including phenoxy) is 1. The molecule has 6 heteroatoms. The monoisotopic (exact) mass is 471 g/mol. The van der Waals surface area contributed by atoms with Crippen LogP contribution in [0.5, 0.6) is 5.88 Å². The third kappa shape index (κ3) is 5.63. The first-order valence-corrected chi connectivity index (χ1v) is 11.3. The number of nitrogens with zero attached hydrogens (tertiary/aromatic N) is 2. The summed E-state index contributed by atoms with van der Waals surface area (Å²) in [6, 6.07) is 25.5. The van der Waals surface area contributed by atoms with Gasteiger partial charge in [0.25, 0.3) is 5.91 Å². The fourth-order valence-electron chi connectivity index (χ4n) is 3.72. The fourth-order valence-corrected chi connectivity index (χ4v) is 3.95. The van der Waals surface area contributed by atoms with Gasteiger partial charge in [-0.3, -0.25) is 4.79 Å². The van der Waals surface area contributed by atoms with E-state index in [-0.39, 0.29) is 5.91 Å². The van der Waals surface area contributed by atoms with Crippen LogP contribution in [0, 0.1) is 0 Å². The molecule has 0 fully saturated rings. The van der Waals surface area contributed by atoms with Crippen molar-refractivity contribution in [3.05, 3.63) is 101 Å². The topological polar surface area (TPSA) is 54.5 Å². The van der Waals surface area contributed by atoms with Crippen LogP contribution in [0.3, 0.4) is 0 Å². The van der Waals surface area contributed by atoms with E-state index in [4.69, 9.17) is 16.3 Å². The number of amides is 1. The highest BCUT2D eigenvalue weighted by Gasteiger charge is 2.12. The van der Waals surface area contributed by atoms with Gasteiger partial charge < -0.3 is 15.0 Å². The van der Waals surface area contributed by atoms with Crippen LogP contribution in [0.15, 0.2) is 85.1 Å². The molecule has 0 aliphatic heterocycles. The maximum atomic E-state index is 12.8. The van der Waals surface area contributed by atoms with E-state index >= 15 is 0 Å². The highest BCUT2D eigenvalue weighted by Crippen LogP contribution is 2.31. The van der Waals surface area contributed by atoms with Crippen LogP contribution in [0.4, 0.5) is 5.69 Å². The minimum atomic E-state index is -0.237. The van der Waals surface area contributed by atoms with Crippen molar-refractivity contribution in [1.82, 2.24) is 9.88 Å². The zero-order chi connectivity index (χ0) is 24.1. The van der Waals surface area contributed by atoms with Crippen molar-refractivity contribution in [3.63, 3.8) is 0 Å². The lowest BCUT2D eigenvalue weighted by molar-refractivity contribution is 0.102. The molecule has 1 N–H and O–H groups in total. The Balaban J connectivity index is 1.55. The Labute approximate surface area is 205 Å². The van der Waals surface area contributed by atoms with E-state index < -0.39 is 0 Å². The highest BCUT2D eigenvalue weighted by atomic mass is 35.5. The molecule has 0 radical (unpaired) electrons. The third-order valence-corrected chi connectivity index (χ3v) is 5.72. The maximum Gasteiger partial charge on any atom is 0.255 e. The van der Waals surface area contributed by atoms with Gasteiger partial charge in [0.2, 0.25) is 5.88 Å². The number of hydrogen-bond acceptors (Lipinski definition) is 4. The van der Waals surface area contributed by atoms with Crippen molar-refractivity contribution >= 4 is 23.2 Å². The number of rotatable bonds is 7. The Hall–Kier alpha value is -3.67. The van der Waals surface area contributed by atoms with Gasteiger partial charge in [-0.15, -0.1) is 0 Å². The minimum Gasteiger partial charge on any atom is -0.481 e. The smallest absolute Gasteiger partial charge is 0.255 e. The van der Waals surface area contributed by atoms with Crippen LogP contribution in [0.1, 0.15) is 15.9 Å². The first kappa shape index (κ1) is 23.5. The average molecular weight is 472 g/mol. The van der Waals surface area contributed by atoms with Crippen molar-refractivity contribution in [1.29, 1.82) is 0 Å². The molecule has 0 aliphatic rings. The van der Waals surface area contributed by atoms with Crippen LogP contribution < -0.4 is 10.1 Å². The SMILES string of the molecule is COc1ccc(NC(=O)c2ccc(Cl)c(-c3ccc(-c4cccc(CN(C)C)c4)cc3)c2)cn1. The molecule has 0 saturated carbocycles. The van der Waals surface area contributed by atoms with E-state index in [2.05, 4.69) is 65.7 Å². The molecule has 0 aliphatic carbocycles. The van der Waals surface area contributed by atoms with Gasteiger partial charge in [-0.1, -0.05) is 54.1 Å². The van der Waals surface area contributed by atoms with Crippen LogP contribution in [-0.2, 0) is 6.54 Å². The van der Waals surface area contributed by atoms with Crippen molar-refractivity contribution < 1.29 is 9.53 Å². The number of anilines is 1. The zero-order valence-electron chi connectivity index (χ0n) is 19.4. The molecule has 172 valence electrons. The molecule has 4 rings (SSSR count). The predicted molar refractivity (Wildman–Crippen MR) is 138 cm³/mol. The lowest BCUT2D eigenvalue weighted by Gasteiger charge is -2.12. The molecule has 0 unspecified atom stereocenters. The summed E-state index contributed by atoms with van der Waals surface area (Å²) in [5.74, 6) is 0.249. The number of carbonyl (C=O) groups is 1. The molecule has 0 atom stereocenters. The first-order valence-electron chi connectivity index (χ1n) is 10.9. The maximum absolute atomic E-state index is 12.8. The van der Waals surface area contributed by atoms with E-state index in [1.165, 1.54) is 11.1 Å². The Kier molecular flexibility index (Phi) is 7.26. The van der Waals surface area contributed by atoms with Gasteiger partial charge in [0, 0.05) is 28.8 Å². The number of carbonyl (C=O) groups excluding carboxylic acids is 1. The van der Waals surface area contributed by atoms with Gasteiger partial charge in [0.15, 0.2) is 0 Å².